The largest absolute Gasteiger partial charge is 0.496 e. The molecule has 0 amide bonds. The number of carbonyl (C=O) groups is 1. The number of likely N-dealkylation sites (tertiary alicyclic amines) is 1. The van der Waals surface area contributed by atoms with Gasteiger partial charge in [-0.3, -0.25) is 4.79 Å². The molecule has 0 aromatic heterocycles. The summed E-state index contributed by atoms with van der Waals surface area (Å²) in [6.45, 7) is 4.19. The highest BCUT2D eigenvalue weighted by atomic mass is 16.5. The van der Waals surface area contributed by atoms with Crippen molar-refractivity contribution in [2.45, 2.75) is 32.3 Å². The van der Waals surface area contributed by atoms with Crippen molar-refractivity contribution in [2.24, 2.45) is 0 Å². The van der Waals surface area contributed by atoms with E-state index < -0.39 is 0 Å². The van der Waals surface area contributed by atoms with Crippen molar-refractivity contribution >= 4 is 11.5 Å². The molecule has 4 aromatic carbocycles. The molecule has 4 aromatic rings. The minimum Gasteiger partial charge on any atom is -0.496 e. The van der Waals surface area contributed by atoms with Crippen molar-refractivity contribution in [1.29, 1.82) is 0 Å². The van der Waals surface area contributed by atoms with Crippen molar-refractivity contribution < 1.29 is 14.3 Å². The fourth-order valence-corrected chi connectivity index (χ4v) is 5.20. The van der Waals surface area contributed by atoms with Crippen LogP contribution in [0.1, 0.15) is 34.3 Å². The highest BCUT2D eigenvalue weighted by molar-refractivity contribution is 5.99. The minimum atomic E-state index is 0.0362. The molecule has 0 bridgehead atoms. The molecule has 0 saturated carbocycles. The molecule has 5 heteroatoms. The van der Waals surface area contributed by atoms with Crippen LogP contribution in [-0.2, 0) is 6.42 Å². The number of Topliss-reactive ketones (excluding diaryl/α,β-unsaturated/α-hetero) is 1. The van der Waals surface area contributed by atoms with Crippen LogP contribution in [0.3, 0.4) is 0 Å². The molecular weight excluding hydrogens is 484 g/mol. The van der Waals surface area contributed by atoms with E-state index in [0.29, 0.717) is 11.3 Å². The van der Waals surface area contributed by atoms with Crippen LogP contribution in [0.5, 0.6) is 11.5 Å². The van der Waals surface area contributed by atoms with Gasteiger partial charge in [-0.15, -0.1) is 0 Å². The second kappa shape index (κ2) is 11.7. The first kappa shape index (κ1) is 26.5. The summed E-state index contributed by atoms with van der Waals surface area (Å²) in [5, 5.41) is 0. The van der Waals surface area contributed by atoms with E-state index in [2.05, 4.69) is 31.0 Å². The zero-order chi connectivity index (χ0) is 27.4. The number of benzene rings is 4. The van der Waals surface area contributed by atoms with Crippen molar-refractivity contribution in [2.75, 3.05) is 33.0 Å². The van der Waals surface area contributed by atoms with Crippen LogP contribution in [0.4, 0.5) is 5.69 Å². The number of nitrogens with zero attached hydrogens (tertiary/aromatic N) is 1. The smallest absolute Gasteiger partial charge is 0.167 e. The molecule has 5 rings (SSSR count). The first-order valence-electron chi connectivity index (χ1n) is 13.5. The van der Waals surface area contributed by atoms with E-state index in [1.54, 1.807) is 7.11 Å². The molecule has 1 aliphatic heterocycles. The van der Waals surface area contributed by atoms with Gasteiger partial charge in [0.25, 0.3) is 0 Å². The number of rotatable bonds is 8. The molecule has 1 aliphatic rings. The van der Waals surface area contributed by atoms with E-state index in [4.69, 9.17) is 15.2 Å². The Morgan fingerprint density at radius 3 is 2.36 bits per heavy atom. The van der Waals surface area contributed by atoms with Gasteiger partial charge in [-0.25, -0.2) is 0 Å². The third-order valence-corrected chi connectivity index (χ3v) is 7.46. The average Bonchev–Trinajstić information content (AvgIpc) is 2.94. The second-order valence-corrected chi connectivity index (χ2v) is 10.5. The quantitative estimate of drug-likeness (QED) is 0.204. The molecule has 1 saturated heterocycles. The number of hydrogen-bond donors (Lipinski definition) is 1. The van der Waals surface area contributed by atoms with E-state index in [1.807, 2.05) is 72.8 Å². The van der Waals surface area contributed by atoms with Crippen molar-refractivity contribution in [1.82, 2.24) is 4.90 Å². The van der Waals surface area contributed by atoms with E-state index in [9.17, 15) is 4.79 Å². The number of aryl methyl sites for hydroxylation is 1. The SMILES string of the molecule is COc1ccc(C(=O)Cc2ccc(-c3ccc(OC4CCN(C)CC4)cc3)c(N)c2)cc1-c1cccc(C)c1. The Morgan fingerprint density at radius 2 is 1.67 bits per heavy atom. The Hall–Kier alpha value is -4.09. The summed E-state index contributed by atoms with van der Waals surface area (Å²) in [6.07, 6.45) is 2.64. The molecule has 0 aliphatic carbocycles. The van der Waals surface area contributed by atoms with Gasteiger partial charge in [-0.1, -0.05) is 54.1 Å². The summed E-state index contributed by atoms with van der Waals surface area (Å²) >= 11 is 0. The normalized spacial score (nSPS) is 14.2. The molecule has 5 nitrogen and oxygen atoms in total. The topological polar surface area (TPSA) is 64.8 Å². The summed E-state index contributed by atoms with van der Waals surface area (Å²) < 4.78 is 11.8. The molecule has 2 N–H and O–H groups in total. The third-order valence-electron chi connectivity index (χ3n) is 7.46. The van der Waals surface area contributed by atoms with Gasteiger partial charge in [-0.2, -0.15) is 0 Å². The van der Waals surface area contributed by atoms with Gasteiger partial charge >= 0.3 is 0 Å². The Kier molecular flexibility index (Phi) is 7.99. The van der Waals surface area contributed by atoms with E-state index >= 15 is 0 Å². The van der Waals surface area contributed by atoms with Gasteiger partial charge in [-0.05, 0) is 79.9 Å². The summed E-state index contributed by atoms with van der Waals surface area (Å²) in [5.41, 5.74) is 13.7. The number of piperidine rings is 1. The van der Waals surface area contributed by atoms with Gasteiger partial charge in [0, 0.05) is 41.9 Å². The number of carbonyl (C=O) groups excluding carboxylic acids is 1. The van der Waals surface area contributed by atoms with Crippen molar-refractivity contribution in [3.8, 4) is 33.8 Å². The number of nitrogen functional groups attached to an aromatic ring is 1. The first-order valence-corrected chi connectivity index (χ1v) is 13.5. The van der Waals surface area contributed by atoms with Crippen molar-refractivity contribution in [3.05, 3.63) is 102 Å². The van der Waals surface area contributed by atoms with E-state index in [1.165, 1.54) is 0 Å². The highest BCUT2D eigenvalue weighted by Gasteiger charge is 2.18. The summed E-state index contributed by atoms with van der Waals surface area (Å²) in [6, 6.07) is 27.8. The van der Waals surface area contributed by atoms with Gasteiger partial charge in [0.1, 0.15) is 17.6 Å². The Morgan fingerprint density at radius 1 is 0.897 bits per heavy atom. The number of hydrogen-bond acceptors (Lipinski definition) is 5. The molecule has 1 heterocycles. The fourth-order valence-electron chi connectivity index (χ4n) is 5.20. The lowest BCUT2D eigenvalue weighted by atomic mass is 9.95. The molecule has 200 valence electrons. The maximum absolute atomic E-state index is 13.3. The fraction of sp³-hybridized carbons (Fsp3) is 0.265. The number of ketones is 1. The van der Waals surface area contributed by atoms with Crippen LogP contribution in [-0.4, -0.2) is 44.0 Å². The van der Waals surface area contributed by atoms with E-state index in [-0.39, 0.29) is 18.3 Å². The molecule has 0 unspecified atom stereocenters. The lowest BCUT2D eigenvalue weighted by molar-refractivity contribution is 0.0993. The Labute approximate surface area is 231 Å². The summed E-state index contributed by atoms with van der Waals surface area (Å²) in [7, 11) is 3.80. The van der Waals surface area contributed by atoms with Gasteiger partial charge in [0.2, 0.25) is 0 Å². The standard InChI is InChI=1S/C34H36N2O3/c1-23-5-4-6-26(19-23)31-22-27(10-14-34(31)38-3)33(37)21-24-7-13-30(32(35)20-24)25-8-11-28(12-9-25)39-29-15-17-36(2)18-16-29/h4-14,19-20,22,29H,15-18,21,35H2,1-3H3. The van der Waals surface area contributed by atoms with E-state index in [0.717, 1.165) is 70.8 Å². The number of nitrogens with two attached hydrogens (primary N) is 1. The molecule has 0 spiro atoms. The van der Waals surface area contributed by atoms with Crippen LogP contribution in [0.15, 0.2) is 84.9 Å². The predicted molar refractivity (Wildman–Crippen MR) is 159 cm³/mol. The predicted octanol–water partition coefficient (Wildman–Crippen LogP) is 6.82. The monoisotopic (exact) mass is 520 g/mol. The van der Waals surface area contributed by atoms with Crippen LogP contribution >= 0.6 is 0 Å². The minimum absolute atomic E-state index is 0.0362. The lowest BCUT2D eigenvalue weighted by Crippen LogP contribution is -2.35. The van der Waals surface area contributed by atoms with Crippen LogP contribution in [0.25, 0.3) is 22.3 Å². The van der Waals surface area contributed by atoms with Crippen molar-refractivity contribution in [3.63, 3.8) is 0 Å². The zero-order valence-corrected chi connectivity index (χ0v) is 22.9. The van der Waals surface area contributed by atoms with Crippen LogP contribution in [0, 0.1) is 6.92 Å². The second-order valence-electron chi connectivity index (χ2n) is 10.5. The molecule has 1 fully saturated rings. The maximum atomic E-state index is 13.3. The number of ether oxygens (including phenoxy) is 2. The maximum Gasteiger partial charge on any atom is 0.167 e. The lowest BCUT2D eigenvalue weighted by Gasteiger charge is -2.29. The Balaban J connectivity index is 1.28. The van der Waals surface area contributed by atoms with Crippen LogP contribution in [0.2, 0.25) is 0 Å². The first-order chi connectivity index (χ1) is 18.9. The molecule has 0 atom stereocenters. The number of anilines is 1. The molecular formula is C34H36N2O3. The highest BCUT2D eigenvalue weighted by Crippen LogP contribution is 2.33. The van der Waals surface area contributed by atoms with Gasteiger partial charge in [0.05, 0.1) is 7.11 Å². The van der Waals surface area contributed by atoms with Crippen LogP contribution < -0.4 is 15.2 Å². The van der Waals surface area contributed by atoms with Gasteiger partial charge < -0.3 is 20.1 Å². The molecule has 39 heavy (non-hydrogen) atoms. The average molecular weight is 521 g/mol. The summed E-state index contributed by atoms with van der Waals surface area (Å²) in [4.78, 5) is 15.6. The summed E-state index contributed by atoms with van der Waals surface area (Å²) in [5.74, 6) is 1.67. The van der Waals surface area contributed by atoms with Gasteiger partial charge in [0.15, 0.2) is 5.78 Å². The Bertz CT molecular complexity index is 1450. The molecule has 0 radical (unpaired) electrons. The third kappa shape index (κ3) is 6.32. The zero-order valence-electron chi connectivity index (χ0n) is 22.9. The number of methoxy groups -OCH3 is 1.